The topological polar surface area (TPSA) is 65.2 Å². The number of carbonyl (C=O) groups is 1. The van der Waals surface area contributed by atoms with Crippen molar-refractivity contribution in [3.8, 4) is 5.75 Å². The highest BCUT2D eigenvalue weighted by Crippen LogP contribution is 2.14. The molecule has 1 atom stereocenters. The van der Waals surface area contributed by atoms with Gasteiger partial charge in [-0.25, -0.2) is 0 Å². The Hall–Kier alpha value is -1.42. The molecule has 0 fully saturated rings. The number of hydrogen-bond donors (Lipinski definition) is 1. The largest absolute Gasteiger partial charge is 0.492 e. The lowest BCUT2D eigenvalue weighted by Gasteiger charge is -2.14. The van der Waals surface area contributed by atoms with Gasteiger partial charge in [-0.2, -0.15) is 0 Å². The number of nitrogens with zero attached hydrogens (tertiary/aromatic N) is 1. The van der Waals surface area contributed by atoms with Gasteiger partial charge < -0.3 is 10.5 Å². The molecule has 1 rings (SSSR count). The second-order valence-electron chi connectivity index (χ2n) is 4.38. The Bertz CT molecular complexity index is 377. The molecule has 4 nitrogen and oxygen atoms in total. The SMILES string of the molecule is CCOc1cncc(C(=O)CC(N)C(C)C)c1. The quantitative estimate of drug-likeness (QED) is 0.767. The van der Waals surface area contributed by atoms with Crippen LogP contribution < -0.4 is 10.5 Å². The van der Waals surface area contributed by atoms with Crippen LogP contribution >= 0.6 is 0 Å². The standard InChI is InChI=1S/C13H20N2O2/c1-4-17-11-5-10(7-15-8-11)13(16)6-12(14)9(2)3/h5,7-9,12H,4,6,14H2,1-3H3. The predicted molar refractivity (Wildman–Crippen MR) is 67.2 cm³/mol. The molecule has 1 heterocycles. The van der Waals surface area contributed by atoms with Gasteiger partial charge in [0.1, 0.15) is 5.75 Å². The lowest BCUT2D eigenvalue weighted by atomic mass is 9.97. The Balaban J connectivity index is 2.71. The van der Waals surface area contributed by atoms with Gasteiger partial charge in [0.05, 0.1) is 12.8 Å². The van der Waals surface area contributed by atoms with Crippen molar-refractivity contribution < 1.29 is 9.53 Å². The van der Waals surface area contributed by atoms with Crippen molar-refractivity contribution in [2.75, 3.05) is 6.61 Å². The number of pyridine rings is 1. The number of rotatable bonds is 6. The fourth-order valence-corrected chi connectivity index (χ4v) is 1.38. The third-order valence-electron chi connectivity index (χ3n) is 2.62. The Morgan fingerprint density at radius 3 is 2.76 bits per heavy atom. The molecule has 0 bridgehead atoms. The molecular weight excluding hydrogens is 216 g/mol. The molecule has 0 saturated heterocycles. The van der Waals surface area contributed by atoms with Crippen molar-refractivity contribution in [1.82, 2.24) is 4.98 Å². The van der Waals surface area contributed by atoms with Crippen LogP contribution in [0.25, 0.3) is 0 Å². The third kappa shape index (κ3) is 4.15. The van der Waals surface area contributed by atoms with E-state index in [2.05, 4.69) is 4.98 Å². The molecule has 0 saturated carbocycles. The van der Waals surface area contributed by atoms with Gasteiger partial charge >= 0.3 is 0 Å². The summed E-state index contributed by atoms with van der Waals surface area (Å²) in [4.78, 5) is 15.9. The summed E-state index contributed by atoms with van der Waals surface area (Å²) in [5.41, 5.74) is 6.44. The minimum atomic E-state index is -0.113. The molecule has 0 aliphatic heterocycles. The van der Waals surface area contributed by atoms with Gasteiger partial charge in [0, 0.05) is 24.2 Å². The summed E-state index contributed by atoms with van der Waals surface area (Å²) in [5.74, 6) is 0.929. The summed E-state index contributed by atoms with van der Waals surface area (Å²) in [5, 5.41) is 0. The Labute approximate surface area is 102 Å². The number of ketones is 1. The minimum absolute atomic E-state index is 0.0141. The average molecular weight is 236 g/mol. The first-order chi connectivity index (χ1) is 8.04. The first-order valence-corrected chi connectivity index (χ1v) is 5.91. The zero-order valence-corrected chi connectivity index (χ0v) is 10.6. The van der Waals surface area contributed by atoms with Crippen LogP contribution in [0, 0.1) is 5.92 Å². The van der Waals surface area contributed by atoms with Crippen molar-refractivity contribution >= 4 is 5.78 Å². The molecule has 4 heteroatoms. The molecule has 0 spiro atoms. The van der Waals surface area contributed by atoms with Crippen LogP contribution in [0.1, 0.15) is 37.6 Å². The molecule has 0 amide bonds. The molecule has 1 aromatic heterocycles. The van der Waals surface area contributed by atoms with E-state index in [-0.39, 0.29) is 11.8 Å². The first-order valence-electron chi connectivity index (χ1n) is 5.91. The molecule has 1 aromatic rings. The zero-order valence-electron chi connectivity index (χ0n) is 10.6. The summed E-state index contributed by atoms with van der Waals surface area (Å²) < 4.78 is 5.30. The number of ether oxygens (including phenoxy) is 1. The number of hydrogen-bond acceptors (Lipinski definition) is 4. The van der Waals surface area contributed by atoms with Crippen molar-refractivity contribution in [2.24, 2.45) is 11.7 Å². The molecular formula is C13H20N2O2. The molecule has 94 valence electrons. The van der Waals surface area contributed by atoms with Gasteiger partial charge in [0.2, 0.25) is 0 Å². The van der Waals surface area contributed by atoms with Gasteiger partial charge in [-0.15, -0.1) is 0 Å². The Kier molecular flexibility index (Phi) is 5.10. The van der Waals surface area contributed by atoms with Crippen LogP contribution in [-0.4, -0.2) is 23.4 Å². The summed E-state index contributed by atoms with van der Waals surface area (Å²) in [7, 11) is 0. The zero-order chi connectivity index (χ0) is 12.8. The highest BCUT2D eigenvalue weighted by atomic mass is 16.5. The van der Waals surface area contributed by atoms with E-state index >= 15 is 0 Å². The monoisotopic (exact) mass is 236 g/mol. The van der Waals surface area contributed by atoms with Crippen LogP contribution in [0.2, 0.25) is 0 Å². The maximum atomic E-state index is 11.9. The number of nitrogens with two attached hydrogens (primary N) is 1. The van der Waals surface area contributed by atoms with E-state index in [1.165, 1.54) is 0 Å². The van der Waals surface area contributed by atoms with Crippen LogP contribution in [-0.2, 0) is 0 Å². The van der Waals surface area contributed by atoms with E-state index in [1.807, 2.05) is 20.8 Å². The van der Waals surface area contributed by atoms with E-state index in [4.69, 9.17) is 10.5 Å². The lowest BCUT2D eigenvalue weighted by molar-refractivity contribution is 0.0967. The van der Waals surface area contributed by atoms with Crippen LogP contribution in [0.3, 0.4) is 0 Å². The first kappa shape index (κ1) is 13.6. The fraction of sp³-hybridized carbons (Fsp3) is 0.538. The highest BCUT2D eigenvalue weighted by Gasteiger charge is 2.15. The lowest BCUT2D eigenvalue weighted by Crippen LogP contribution is -2.29. The second kappa shape index (κ2) is 6.35. The van der Waals surface area contributed by atoms with Gasteiger partial charge in [-0.3, -0.25) is 9.78 Å². The van der Waals surface area contributed by atoms with E-state index < -0.39 is 0 Å². The fourth-order valence-electron chi connectivity index (χ4n) is 1.38. The van der Waals surface area contributed by atoms with Gasteiger partial charge in [-0.05, 0) is 18.9 Å². The normalized spacial score (nSPS) is 12.5. The van der Waals surface area contributed by atoms with Crippen molar-refractivity contribution in [3.05, 3.63) is 24.0 Å². The number of carbonyl (C=O) groups excluding carboxylic acids is 1. The van der Waals surface area contributed by atoms with Gasteiger partial charge in [-0.1, -0.05) is 13.8 Å². The molecule has 0 aromatic carbocycles. The Morgan fingerprint density at radius 1 is 1.47 bits per heavy atom. The van der Waals surface area contributed by atoms with E-state index in [0.717, 1.165) is 0 Å². The number of aromatic nitrogens is 1. The minimum Gasteiger partial charge on any atom is -0.492 e. The summed E-state index contributed by atoms with van der Waals surface area (Å²) in [6.45, 7) is 6.47. The van der Waals surface area contributed by atoms with Crippen LogP contribution in [0.4, 0.5) is 0 Å². The van der Waals surface area contributed by atoms with E-state index in [9.17, 15) is 4.79 Å². The highest BCUT2D eigenvalue weighted by molar-refractivity contribution is 5.96. The predicted octanol–water partition coefficient (Wildman–Crippen LogP) is 2.04. The summed E-state index contributed by atoms with van der Waals surface area (Å²) in [6.07, 6.45) is 3.50. The Morgan fingerprint density at radius 2 is 2.18 bits per heavy atom. The molecule has 1 unspecified atom stereocenters. The van der Waals surface area contributed by atoms with Gasteiger partial charge in [0.25, 0.3) is 0 Å². The van der Waals surface area contributed by atoms with Crippen molar-refractivity contribution in [3.63, 3.8) is 0 Å². The average Bonchev–Trinajstić information content (AvgIpc) is 2.29. The second-order valence-corrected chi connectivity index (χ2v) is 4.38. The molecule has 17 heavy (non-hydrogen) atoms. The molecule has 2 N–H and O–H groups in total. The van der Waals surface area contributed by atoms with Crippen molar-refractivity contribution in [1.29, 1.82) is 0 Å². The smallest absolute Gasteiger partial charge is 0.166 e. The van der Waals surface area contributed by atoms with Crippen molar-refractivity contribution in [2.45, 2.75) is 33.2 Å². The summed E-state index contributed by atoms with van der Waals surface area (Å²) >= 11 is 0. The molecule has 0 radical (unpaired) electrons. The van der Waals surface area contributed by atoms with E-state index in [1.54, 1.807) is 18.5 Å². The maximum absolute atomic E-state index is 11.9. The van der Waals surface area contributed by atoms with Gasteiger partial charge in [0.15, 0.2) is 5.78 Å². The molecule has 0 aliphatic carbocycles. The van der Waals surface area contributed by atoms with Crippen LogP contribution in [0.5, 0.6) is 5.75 Å². The third-order valence-corrected chi connectivity index (χ3v) is 2.62. The summed E-state index contributed by atoms with van der Waals surface area (Å²) in [6, 6.07) is 1.60. The number of Topliss-reactive ketones (excluding diaryl/α,β-unsaturated/α-hetero) is 1. The molecule has 0 aliphatic rings. The van der Waals surface area contributed by atoms with Crippen LogP contribution in [0.15, 0.2) is 18.5 Å². The maximum Gasteiger partial charge on any atom is 0.166 e. The van der Waals surface area contributed by atoms with E-state index in [0.29, 0.717) is 30.3 Å².